The van der Waals surface area contributed by atoms with Crippen LogP contribution in [0.4, 0.5) is 0 Å². The number of benzene rings is 2. The molecule has 0 spiro atoms. The van der Waals surface area contributed by atoms with Gasteiger partial charge in [-0.1, -0.05) is 6.58 Å². The van der Waals surface area contributed by atoms with Crippen LogP contribution in [0.1, 0.15) is 23.6 Å². The lowest BCUT2D eigenvalue weighted by Crippen LogP contribution is -2.32. The second kappa shape index (κ2) is 6.23. The van der Waals surface area contributed by atoms with Gasteiger partial charge >= 0.3 is 0 Å². The molecule has 3 aliphatic rings. The summed E-state index contributed by atoms with van der Waals surface area (Å²) < 4.78 is 29.3. The Balaban J connectivity index is 1.60. The zero-order chi connectivity index (χ0) is 19.4. The fourth-order valence-corrected chi connectivity index (χ4v) is 4.05. The van der Waals surface area contributed by atoms with Crippen LogP contribution in [0.3, 0.4) is 0 Å². The average Bonchev–Trinajstić information content (AvgIpc) is 3.16. The number of hydrogen-bond donors (Lipinski definition) is 0. The molecule has 2 aromatic rings. The smallest absolute Gasteiger partial charge is 0.164 e. The standard InChI is InChI=1S/C23H22O5/c1-12(2)18-9-16-17(27-18)6-5-13-7-14-15-8-20(24-3)21(25-4)10-19(15)26-11-22(14)28-23(13)16/h5-8,10,18,22H,1,9,11H2,2-4H3/t18-,22-/m1/s1. The van der Waals surface area contributed by atoms with Crippen molar-refractivity contribution in [2.45, 2.75) is 25.6 Å². The van der Waals surface area contributed by atoms with E-state index in [0.717, 1.165) is 51.5 Å². The van der Waals surface area contributed by atoms with Crippen LogP contribution in [0.25, 0.3) is 11.6 Å². The molecule has 5 heteroatoms. The lowest BCUT2D eigenvalue weighted by Gasteiger charge is -2.33. The first-order valence-electron chi connectivity index (χ1n) is 9.34. The van der Waals surface area contributed by atoms with Crippen LogP contribution in [-0.4, -0.2) is 33.0 Å². The normalized spacial score (nSPS) is 20.9. The van der Waals surface area contributed by atoms with E-state index >= 15 is 0 Å². The molecule has 3 heterocycles. The molecule has 0 aromatic heterocycles. The number of hydrogen-bond acceptors (Lipinski definition) is 5. The summed E-state index contributed by atoms with van der Waals surface area (Å²) in [5.74, 6) is 3.87. The van der Waals surface area contributed by atoms with E-state index in [4.69, 9.17) is 23.7 Å². The lowest BCUT2D eigenvalue weighted by atomic mass is 9.91. The SMILES string of the molecule is C=C(C)[C@H]1Cc2c(ccc3c2O[C@@H]2COc4cc(OC)c(OC)cc4C2=C3)O1. The van der Waals surface area contributed by atoms with Crippen LogP contribution in [0.5, 0.6) is 28.7 Å². The zero-order valence-electron chi connectivity index (χ0n) is 16.2. The number of ether oxygens (including phenoxy) is 5. The Morgan fingerprint density at radius 1 is 1.07 bits per heavy atom. The van der Waals surface area contributed by atoms with Gasteiger partial charge in [0, 0.05) is 34.8 Å². The van der Waals surface area contributed by atoms with E-state index in [9.17, 15) is 0 Å². The third-order valence-corrected chi connectivity index (χ3v) is 5.56. The molecule has 28 heavy (non-hydrogen) atoms. The van der Waals surface area contributed by atoms with Gasteiger partial charge in [0.1, 0.15) is 30.0 Å². The van der Waals surface area contributed by atoms with Crippen LogP contribution in [-0.2, 0) is 6.42 Å². The molecule has 0 unspecified atom stereocenters. The number of rotatable bonds is 3. The molecule has 0 saturated heterocycles. The molecule has 0 radical (unpaired) electrons. The topological polar surface area (TPSA) is 46.2 Å². The Morgan fingerprint density at radius 3 is 2.61 bits per heavy atom. The Morgan fingerprint density at radius 2 is 1.86 bits per heavy atom. The minimum absolute atomic E-state index is 0.00975. The van der Waals surface area contributed by atoms with Crippen LogP contribution >= 0.6 is 0 Å². The highest BCUT2D eigenvalue weighted by atomic mass is 16.5. The van der Waals surface area contributed by atoms with Crippen LogP contribution in [0.2, 0.25) is 0 Å². The maximum atomic E-state index is 6.42. The summed E-state index contributed by atoms with van der Waals surface area (Å²) in [6, 6.07) is 7.89. The summed E-state index contributed by atoms with van der Waals surface area (Å²) in [5, 5.41) is 0. The molecule has 0 fully saturated rings. The second-order valence-corrected chi connectivity index (χ2v) is 7.34. The molecule has 5 rings (SSSR count). The van der Waals surface area contributed by atoms with E-state index in [1.807, 2.05) is 31.2 Å². The molecular weight excluding hydrogens is 356 g/mol. The summed E-state index contributed by atoms with van der Waals surface area (Å²) in [7, 11) is 3.25. The van der Waals surface area contributed by atoms with Crippen molar-refractivity contribution in [1.82, 2.24) is 0 Å². The zero-order valence-corrected chi connectivity index (χ0v) is 16.2. The van der Waals surface area contributed by atoms with Crippen molar-refractivity contribution in [2.75, 3.05) is 20.8 Å². The third kappa shape index (κ3) is 2.46. The van der Waals surface area contributed by atoms with Crippen LogP contribution in [0, 0.1) is 0 Å². The second-order valence-electron chi connectivity index (χ2n) is 7.34. The minimum Gasteiger partial charge on any atom is -0.493 e. The summed E-state index contributed by atoms with van der Waals surface area (Å²) in [4.78, 5) is 0. The molecule has 0 saturated carbocycles. The van der Waals surface area contributed by atoms with Gasteiger partial charge in [0.15, 0.2) is 17.6 Å². The summed E-state index contributed by atoms with van der Waals surface area (Å²) >= 11 is 0. The van der Waals surface area contributed by atoms with Crippen LogP contribution in [0.15, 0.2) is 36.4 Å². The Bertz CT molecular complexity index is 1020. The van der Waals surface area contributed by atoms with E-state index in [-0.39, 0.29) is 12.2 Å². The van der Waals surface area contributed by atoms with Gasteiger partial charge in [-0.15, -0.1) is 0 Å². The fourth-order valence-electron chi connectivity index (χ4n) is 4.05. The first-order valence-corrected chi connectivity index (χ1v) is 9.34. The van der Waals surface area contributed by atoms with Gasteiger partial charge in [-0.25, -0.2) is 0 Å². The summed E-state index contributed by atoms with van der Waals surface area (Å²) in [6.07, 6.45) is 2.81. The van der Waals surface area contributed by atoms with Gasteiger partial charge in [0.2, 0.25) is 0 Å². The monoisotopic (exact) mass is 378 g/mol. The Hall–Kier alpha value is -3.08. The van der Waals surface area contributed by atoms with Crippen molar-refractivity contribution < 1.29 is 23.7 Å². The molecular formula is C23H22O5. The van der Waals surface area contributed by atoms with E-state index in [0.29, 0.717) is 18.1 Å². The third-order valence-electron chi connectivity index (χ3n) is 5.56. The van der Waals surface area contributed by atoms with Crippen molar-refractivity contribution in [3.8, 4) is 28.7 Å². The van der Waals surface area contributed by atoms with Crippen molar-refractivity contribution in [3.05, 3.63) is 53.1 Å². The van der Waals surface area contributed by atoms with Gasteiger partial charge in [-0.3, -0.25) is 0 Å². The van der Waals surface area contributed by atoms with Gasteiger partial charge in [0.05, 0.1) is 14.2 Å². The average molecular weight is 378 g/mol. The molecule has 3 aliphatic heterocycles. The molecule has 0 amide bonds. The van der Waals surface area contributed by atoms with Crippen molar-refractivity contribution in [2.24, 2.45) is 0 Å². The van der Waals surface area contributed by atoms with Crippen molar-refractivity contribution in [3.63, 3.8) is 0 Å². The Kier molecular flexibility index (Phi) is 3.79. The highest BCUT2D eigenvalue weighted by Gasteiger charge is 2.36. The van der Waals surface area contributed by atoms with E-state index in [2.05, 4.69) is 12.7 Å². The predicted octanol–water partition coefficient (Wildman–Crippen LogP) is 4.28. The molecule has 144 valence electrons. The van der Waals surface area contributed by atoms with Gasteiger partial charge in [0.25, 0.3) is 0 Å². The summed E-state index contributed by atoms with van der Waals surface area (Å²) in [5.41, 5.74) is 5.24. The van der Waals surface area contributed by atoms with Gasteiger partial charge in [-0.05, 0) is 36.8 Å². The van der Waals surface area contributed by atoms with Gasteiger partial charge in [-0.2, -0.15) is 0 Å². The first-order chi connectivity index (χ1) is 13.6. The highest BCUT2D eigenvalue weighted by Crippen LogP contribution is 2.48. The maximum Gasteiger partial charge on any atom is 0.164 e. The molecule has 0 N–H and O–H groups in total. The summed E-state index contributed by atoms with van der Waals surface area (Å²) in [6.45, 7) is 6.48. The van der Waals surface area contributed by atoms with Crippen molar-refractivity contribution >= 4 is 11.6 Å². The lowest BCUT2D eigenvalue weighted by molar-refractivity contribution is 0.157. The quantitative estimate of drug-likeness (QED) is 0.746. The van der Waals surface area contributed by atoms with E-state index in [1.54, 1.807) is 14.2 Å². The minimum atomic E-state index is -0.173. The molecule has 0 bridgehead atoms. The Labute approximate surface area is 164 Å². The van der Waals surface area contributed by atoms with Gasteiger partial charge < -0.3 is 23.7 Å². The molecule has 5 nitrogen and oxygen atoms in total. The number of methoxy groups -OCH3 is 2. The number of fused-ring (bicyclic) bond motifs is 6. The largest absolute Gasteiger partial charge is 0.493 e. The molecule has 0 aliphatic carbocycles. The molecule has 2 atom stereocenters. The van der Waals surface area contributed by atoms with Crippen molar-refractivity contribution in [1.29, 1.82) is 0 Å². The van der Waals surface area contributed by atoms with Crippen LogP contribution < -0.4 is 23.7 Å². The van der Waals surface area contributed by atoms with E-state index in [1.165, 1.54) is 0 Å². The first kappa shape index (κ1) is 17.0. The maximum absolute atomic E-state index is 6.42. The molecule has 2 aromatic carbocycles. The highest BCUT2D eigenvalue weighted by molar-refractivity contribution is 5.91. The fraction of sp³-hybridized carbons (Fsp3) is 0.304. The predicted molar refractivity (Wildman–Crippen MR) is 107 cm³/mol. The van der Waals surface area contributed by atoms with E-state index < -0.39 is 0 Å².